The number of rotatable bonds is 5. The van der Waals surface area contributed by atoms with Crippen LogP contribution in [-0.4, -0.2) is 19.0 Å². The van der Waals surface area contributed by atoms with Gasteiger partial charge in [0, 0.05) is 11.1 Å². The van der Waals surface area contributed by atoms with Crippen LogP contribution < -0.4 is 4.90 Å². The highest BCUT2D eigenvalue weighted by atomic mass is 35.5. The lowest BCUT2D eigenvalue weighted by Gasteiger charge is -2.21. The summed E-state index contributed by atoms with van der Waals surface area (Å²) in [5, 5.41) is 0.775. The molecule has 0 atom stereocenters. The zero-order valence-electron chi connectivity index (χ0n) is 19.1. The number of carbonyl (C=O) groups is 2. The largest absolute Gasteiger partial charge is 0.465 e. The van der Waals surface area contributed by atoms with Crippen LogP contribution in [-0.2, 0) is 9.53 Å². The lowest BCUT2D eigenvalue weighted by molar-refractivity contribution is -0.113. The number of halogens is 2. The molecule has 1 aliphatic heterocycles. The van der Waals surface area contributed by atoms with Crippen LogP contribution in [0.2, 0.25) is 10.0 Å². The van der Waals surface area contributed by atoms with Crippen molar-refractivity contribution in [2.24, 2.45) is 0 Å². The van der Waals surface area contributed by atoms with Crippen LogP contribution >= 0.6 is 23.2 Å². The van der Waals surface area contributed by atoms with E-state index in [-0.39, 0.29) is 5.91 Å². The van der Waals surface area contributed by atoms with E-state index in [4.69, 9.17) is 32.4 Å². The molecule has 0 spiro atoms. The summed E-state index contributed by atoms with van der Waals surface area (Å²) in [5.74, 6) is 0.508. The predicted octanol–water partition coefficient (Wildman–Crippen LogP) is 7.51. The van der Waals surface area contributed by atoms with Gasteiger partial charge in [-0.3, -0.25) is 9.69 Å². The highest BCUT2D eigenvalue weighted by molar-refractivity contribution is 6.42. The van der Waals surface area contributed by atoms with Gasteiger partial charge in [0.05, 0.1) is 34.1 Å². The maximum absolute atomic E-state index is 13.5. The molecule has 1 aliphatic rings. The first-order chi connectivity index (χ1) is 17.4. The average molecular weight is 516 g/mol. The van der Waals surface area contributed by atoms with Crippen molar-refractivity contribution in [3.05, 3.63) is 124 Å². The number of ether oxygens (including phenoxy) is 1. The van der Waals surface area contributed by atoms with Gasteiger partial charge in [-0.15, -0.1) is 0 Å². The van der Waals surface area contributed by atoms with Crippen LogP contribution in [0.3, 0.4) is 0 Å². The van der Waals surface area contributed by atoms with E-state index in [1.165, 1.54) is 7.11 Å². The van der Waals surface area contributed by atoms with Gasteiger partial charge in [-0.1, -0.05) is 65.7 Å². The van der Waals surface area contributed by atoms with Crippen LogP contribution in [0.15, 0.2) is 101 Å². The van der Waals surface area contributed by atoms with Gasteiger partial charge in [0.15, 0.2) is 0 Å². The third-order valence-corrected chi connectivity index (χ3v) is 6.47. The van der Waals surface area contributed by atoms with Crippen molar-refractivity contribution in [1.82, 2.24) is 0 Å². The molecule has 0 radical (unpaired) electrons. The zero-order valence-corrected chi connectivity index (χ0v) is 20.6. The molecule has 0 bridgehead atoms. The molecule has 5 rings (SSSR count). The summed E-state index contributed by atoms with van der Waals surface area (Å²) in [6, 6.07) is 25.2. The molecule has 0 fully saturated rings. The molecular weight excluding hydrogens is 497 g/mol. The lowest BCUT2D eigenvalue weighted by atomic mass is 10.1. The number of methoxy groups -OCH3 is 1. The fraction of sp³-hybridized carbons (Fsp3) is 0.0345. The van der Waals surface area contributed by atoms with Crippen molar-refractivity contribution in [3.63, 3.8) is 0 Å². The Morgan fingerprint density at radius 2 is 1.64 bits per heavy atom. The number of hydrogen-bond acceptors (Lipinski definition) is 4. The fourth-order valence-electron chi connectivity index (χ4n) is 3.94. The van der Waals surface area contributed by atoms with E-state index in [1.807, 2.05) is 42.5 Å². The van der Waals surface area contributed by atoms with Gasteiger partial charge < -0.3 is 9.15 Å². The molecule has 0 N–H and O–H groups in total. The third kappa shape index (κ3) is 4.59. The summed E-state index contributed by atoms with van der Waals surface area (Å²) in [6.07, 6.45) is 3.53. The zero-order chi connectivity index (χ0) is 25.2. The van der Waals surface area contributed by atoms with Crippen LogP contribution in [0, 0.1) is 0 Å². The summed E-state index contributed by atoms with van der Waals surface area (Å²) in [5.41, 5.74) is 3.91. The second-order valence-corrected chi connectivity index (χ2v) is 8.82. The summed E-state index contributed by atoms with van der Waals surface area (Å²) >= 11 is 12.4. The summed E-state index contributed by atoms with van der Waals surface area (Å²) in [6.45, 7) is 0. The van der Waals surface area contributed by atoms with Gasteiger partial charge in [0.2, 0.25) is 0 Å². The number of anilines is 1. The number of carbonyl (C=O) groups excluding carboxylic acids is 2. The molecule has 0 unspecified atom stereocenters. The van der Waals surface area contributed by atoms with Gasteiger partial charge >= 0.3 is 5.97 Å². The lowest BCUT2D eigenvalue weighted by Crippen LogP contribution is -2.24. The number of furan rings is 1. The van der Waals surface area contributed by atoms with Crippen molar-refractivity contribution < 1.29 is 18.7 Å². The van der Waals surface area contributed by atoms with E-state index in [1.54, 1.807) is 59.5 Å². The number of hydrogen-bond donors (Lipinski definition) is 0. The van der Waals surface area contributed by atoms with Gasteiger partial charge in [-0.25, -0.2) is 4.79 Å². The maximum Gasteiger partial charge on any atom is 0.337 e. The fourth-order valence-corrected chi connectivity index (χ4v) is 4.24. The Morgan fingerprint density at radius 3 is 2.33 bits per heavy atom. The molecule has 5 nitrogen and oxygen atoms in total. The Morgan fingerprint density at radius 1 is 0.889 bits per heavy atom. The van der Waals surface area contributed by atoms with Crippen LogP contribution in [0.25, 0.3) is 23.1 Å². The quantitative estimate of drug-likeness (QED) is 0.204. The molecule has 1 amide bonds. The minimum absolute atomic E-state index is 0.215. The van der Waals surface area contributed by atoms with Crippen molar-refractivity contribution in [1.29, 1.82) is 0 Å². The van der Waals surface area contributed by atoms with Gasteiger partial charge in [-0.2, -0.15) is 0 Å². The first-order valence-electron chi connectivity index (χ1n) is 11.0. The Kier molecular flexibility index (Phi) is 6.51. The normalized spacial score (nSPS) is 14.3. The maximum atomic E-state index is 13.5. The van der Waals surface area contributed by atoms with E-state index < -0.39 is 5.97 Å². The van der Waals surface area contributed by atoms with Gasteiger partial charge in [0.25, 0.3) is 5.91 Å². The minimum Gasteiger partial charge on any atom is -0.465 e. The summed E-state index contributed by atoms with van der Waals surface area (Å²) < 4.78 is 10.7. The Bertz CT molecular complexity index is 1520. The van der Waals surface area contributed by atoms with Gasteiger partial charge in [0.1, 0.15) is 11.5 Å². The molecule has 2 heterocycles. The molecular formula is C29H19Cl2NO4. The van der Waals surface area contributed by atoms with E-state index in [2.05, 4.69) is 0 Å². The first kappa shape index (κ1) is 23.7. The molecule has 4 aromatic rings. The van der Waals surface area contributed by atoms with E-state index >= 15 is 0 Å². The standard InChI is InChI=1S/C29H19Cl2NO4/c1-35-29(34)20-9-7-19(8-10-20)27-14-12-23(36-27)15-21-16-26(18-5-3-2-4-6-18)32(28(21)33)22-11-13-24(30)25(31)17-22/h2-17H,1H3/b21-15+. The van der Waals surface area contributed by atoms with Crippen molar-refractivity contribution in [3.8, 4) is 11.3 Å². The van der Waals surface area contributed by atoms with E-state index in [0.717, 1.165) is 16.8 Å². The van der Waals surface area contributed by atoms with Crippen LogP contribution in [0.4, 0.5) is 5.69 Å². The summed E-state index contributed by atoms with van der Waals surface area (Å²) in [7, 11) is 1.34. The molecule has 1 aromatic heterocycles. The highest BCUT2D eigenvalue weighted by Crippen LogP contribution is 2.38. The second kappa shape index (κ2) is 9.90. The Hall–Kier alpha value is -4.06. The third-order valence-electron chi connectivity index (χ3n) is 5.73. The highest BCUT2D eigenvalue weighted by Gasteiger charge is 2.31. The molecule has 178 valence electrons. The van der Waals surface area contributed by atoms with Crippen molar-refractivity contribution >= 4 is 52.5 Å². The Balaban J connectivity index is 1.49. The predicted molar refractivity (Wildman–Crippen MR) is 142 cm³/mol. The van der Waals surface area contributed by atoms with E-state index in [9.17, 15) is 9.59 Å². The second-order valence-electron chi connectivity index (χ2n) is 8.01. The molecule has 0 aliphatic carbocycles. The number of benzene rings is 3. The average Bonchev–Trinajstić information content (AvgIpc) is 3.51. The van der Waals surface area contributed by atoms with Crippen LogP contribution in [0.5, 0.6) is 0 Å². The minimum atomic E-state index is -0.404. The van der Waals surface area contributed by atoms with Crippen LogP contribution in [0.1, 0.15) is 21.7 Å². The SMILES string of the molecule is COC(=O)c1ccc(-c2ccc(/C=C3\C=C(c4ccccc4)N(c4ccc(Cl)c(Cl)c4)C3=O)o2)cc1. The first-order valence-corrected chi connectivity index (χ1v) is 11.8. The summed E-state index contributed by atoms with van der Waals surface area (Å²) in [4.78, 5) is 26.8. The van der Waals surface area contributed by atoms with Crippen molar-refractivity contribution in [2.75, 3.05) is 12.0 Å². The molecule has 0 saturated heterocycles. The number of esters is 1. The van der Waals surface area contributed by atoms with E-state index in [0.29, 0.717) is 38.4 Å². The Labute approximate surface area is 217 Å². The molecule has 7 heteroatoms. The monoisotopic (exact) mass is 515 g/mol. The molecule has 0 saturated carbocycles. The molecule has 3 aromatic carbocycles. The van der Waals surface area contributed by atoms with Gasteiger partial charge in [-0.05, 0) is 60.2 Å². The van der Waals surface area contributed by atoms with Crippen molar-refractivity contribution in [2.45, 2.75) is 0 Å². The number of amides is 1. The topological polar surface area (TPSA) is 59.8 Å². The molecule has 36 heavy (non-hydrogen) atoms. The number of nitrogens with zero attached hydrogens (tertiary/aromatic N) is 1. The smallest absolute Gasteiger partial charge is 0.337 e.